The maximum Gasteiger partial charge on any atom is 0.416 e. The Morgan fingerprint density at radius 3 is 2.45 bits per heavy atom. The van der Waals surface area contributed by atoms with Crippen molar-refractivity contribution >= 4 is 11.6 Å². The van der Waals surface area contributed by atoms with Gasteiger partial charge in [-0.15, -0.1) is 0 Å². The number of hydrogen-bond donors (Lipinski definition) is 3. The molecular formula is C10H13F5N4O. The van der Waals surface area contributed by atoms with Crippen molar-refractivity contribution in [2.45, 2.75) is 12.6 Å². The van der Waals surface area contributed by atoms with Crippen molar-refractivity contribution in [3.05, 3.63) is 17.7 Å². The van der Waals surface area contributed by atoms with E-state index in [1.54, 1.807) is 0 Å². The highest BCUT2D eigenvalue weighted by Crippen LogP contribution is 2.31. The molecule has 0 aromatic carbocycles. The number of aromatic nitrogens is 1. The first kappa shape index (κ1) is 16.4. The molecular weight excluding hydrogens is 287 g/mol. The molecule has 0 unspecified atom stereocenters. The number of hydrazine groups is 1. The molecule has 1 heterocycles. The lowest BCUT2D eigenvalue weighted by Gasteiger charge is -2.12. The van der Waals surface area contributed by atoms with Crippen LogP contribution in [0.4, 0.5) is 33.6 Å². The van der Waals surface area contributed by atoms with Crippen LogP contribution >= 0.6 is 0 Å². The van der Waals surface area contributed by atoms with Gasteiger partial charge in [-0.1, -0.05) is 0 Å². The van der Waals surface area contributed by atoms with Gasteiger partial charge < -0.3 is 15.5 Å². The van der Waals surface area contributed by atoms with Crippen LogP contribution in [0, 0.1) is 0 Å². The second-order valence-corrected chi connectivity index (χ2v) is 3.66. The number of hydrogen-bond acceptors (Lipinski definition) is 5. The summed E-state index contributed by atoms with van der Waals surface area (Å²) < 4.78 is 65.8. The third-order valence-electron chi connectivity index (χ3n) is 2.10. The van der Waals surface area contributed by atoms with E-state index in [4.69, 9.17) is 5.84 Å². The zero-order chi connectivity index (χ0) is 15.2. The molecule has 0 aliphatic rings. The Kier molecular flexibility index (Phi) is 5.89. The number of nitrogens with two attached hydrogens (primary N) is 1. The number of ether oxygens (including phenoxy) is 1. The Morgan fingerprint density at radius 2 is 1.90 bits per heavy atom. The average Bonchev–Trinajstić information content (AvgIpc) is 2.36. The van der Waals surface area contributed by atoms with Crippen LogP contribution in [0.3, 0.4) is 0 Å². The van der Waals surface area contributed by atoms with Gasteiger partial charge >= 0.3 is 6.18 Å². The number of rotatable bonds is 7. The number of pyridine rings is 1. The van der Waals surface area contributed by atoms with Gasteiger partial charge in [-0.3, -0.25) is 0 Å². The molecule has 114 valence electrons. The van der Waals surface area contributed by atoms with Crippen LogP contribution in [0.25, 0.3) is 0 Å². The summed E-state index contributed by atoms with van der Waals surface area (Å²) in [5.41, 5.74) is 1.08. The van der Waals surface area contributed by atoms with E-state index in [0.29, 0.717) is 0 Å². The third-order valence-corrected chi connectivity index (χ3v) is 2.10. The minimum atomic E-state index is -4.54. The minimum absolute atomic E-state index is 0.0328. The normalized spacial score (nSPS) is 11.8. The molecule has 0 atom stereocenters. The van der Waals surface area contributed by atoms with E-state index in [1.165, 1.54) is 0 Å². The first-order valence-electron chi connectivity index (χ1n) is 5.48. The highest BCUT2D eigenvalue weighted by Gasteiger charge is 2.31. The number of alkyl halides is 5. The van der Waals surface area contributed by atoms with Gasteiger partial charge in [-0.05, 0) is 12.1 Å². The van der Waals surface area contributed by atoms with Crippen molar-refractivity contribution in [3.63, 3.8) is 0 Å². The predicted octanol–water partition coefficient (Wildman–Crippen LogP) is 2.08. The van der Waals surface area contributed by atoms with Gasteiger partial charge in [-0.25, -0.2) is 19.6 Å². The topological polar surface area (TPSA) is 72.2 Å². The molecule has 1 rings (SSSR count). The van der Waals surface area contributed by atoms with E-state index in [0.717, 1.165) is 12.1 Å². The van der Waals surface area contributed by atoms with E-state index in [2.05, 4.69) is 15.0 Å². The summed E-state index contributed by atoms with van der Waals surface area (Å²) in [6.45, 7) is -0.786. The van der Waals surface area contributed by atoms with E-state index >= 15 is 0 Å². The monoisotopic (exact) mass is 300 g/mol. The summed E-state index contributed by atoms with van der Waals surface area (Å²) >= 11 is 0. The smallest absolute Gasteiger partial charge is 0.374 e. The summed E-state index contributed by atoms with van der Waals surface area (Å²) in [4.78, 5) is 3.75. The number of anilines is 2. The quantitative estimate of drug-likeness (QED) is 0.311. The van der Waals surface area contributed by atoms with Crippen LogP contribution in [-0.2, 0) is 10.9 Å². The Morgan fingerprint density at radius 1 is 1.25 bits per heavy atom. The van der Waals surface area contributed by atoms with Gasteiger partial charge in [0.2, 0.25) is 0 Å². The van der Waals surface area contributed by atoms with Crippen LogP contribution in [0.15, 0.2) is 12.1 Å². The van der Waals surface area contributed by atoms with Gasteiger partial charge in [0.25, 0.3) is 6.43 Å². The molecule has 0 bridgehead atoms. The lowest BCUT2D eigenvalue weighted by Crippen LogP contribution is -2.16. The van der Waals surface area contributed by atoms with Gasteiger partial charge in [0.15, 0.2) is 0 Å². The standard InChI is InChI=1S/C10H13F5N4O/c11-7(12)5-20-2-1-17-8-3-6(10(13,14)15)4-9(18-8)19-16/h3-4,7H,1-2,5,16H2,(H2,17,18,19). The van der Waals surface area contributed by atoms with Crippen molar-refractivity contribution in [2.24, 2.45) is 5.84 Å². The molecule has 0 saturated heterocycles. The summed E-state index contributed by atoms with van der Waals surface area (Å²) in [7, 11) is 0. The largest absolute Gasteiger partial charge is 0.416 e. The molecule has 0 spiro atoms. The molecule has 5 nitrogen and oxygen atoms in total. The first-order valence-corrected chi connectivity index (χ1v) is 5.48. The molecule has 0 aliphatic heterocycles. The Hall–Kier alpha value is -1.68. The first-order chi connectivity index (χ1) is 9.32. The maximum atomic E-state index is 12.6. The van der Waals surface area contributed by atoms with Crippen LogP contribution < -0.4 is 16.6 Å². The second-order valence-electron chi connectivity index (χ2n) is 3.66. The van der Waals surface area contributed by atoms with Crippen LogP contribution in [0.5, 0.6) is 0 Å². The lowest BCUT2D eigenvalue weighted by atomic mass is 10.2. The highest BCUT2D eigenvalue weighted by atomic mass is 19.4. The zero-order valence-electron chi connectivity index (χ0n) is 10.2. The van der Waals surface area contributed by atoms with E-state index in [-0.39, 0.29) is 24.8 Å². The molecule has 0 radical (unpaired) electrons. The molecule has 0 fully saturated rings. The number of nitrogens with one attached hydrogen (secondary N) is 2. The lowest BCUT2D eigenvalue weighted by molar-refractivity contribution is -0.137. The average molecular weight is 300 g/mol. The summed E-state index contributed by atoms with van der Waals surface area (Å²) in [6.07, 6.45) is -7.13. The van der Waals surface area contributed by atoms with Crippen molar-refractivity contribution in [1.82, 2.24) is 4.98 Å². The van der Waals surface area contributed by atoms with Gasteiger partial charge in [0.1, 0.15) is 18.2 Å². The van der Waals surface area contributed by atoms with Crippen molar-refractivity contribution in [3.8, 4) is 0 Å². The second kappa shape index (κ2) is 7.20. The maximum absolute atomic E-state index is 12.6. The molecule has 0 aliphatic carbocycles. The molecule has 1 aromatic rings. The fraction of sp³-hybridized carbons (Fsp3) is 0.500. The fourth-order valence-electron chi connectivity index (χ4n) is 1.28. The summed E-state index contributed by atoms with van der Waals surface area (Å²) in [5.74, 6) is 4.76. The minimum Gasteiger partial charge on any atom is -0.374 e. The van der Waals surface area contributed by atoms with Crippen molar-refractivity contribution < 1.29 is 26.7 Å². The van der Waals surface area contributed by atoms with E-state index < -0.39 is 24.8 Å². The Labute approximate surface area is 111 Å². The predicted molar refractivity (Wildman–Crippen MR) is 62.4 cm³/mol. The molecule has 0 amide bonds. The SMILES string of the molecule is NNc1cc(C(F)(F)F)cc(NCCOCC(F)F)n1. The number of halogens is 5. The Bertz CT molecular complexity index is 427. The van der Waals surface area contributed by atoms with Gasteiger partial charge in [0.05, 0.1) is 12.2 Å². The van der Waals surface area contributed by atoms with Crippen LogP contribution in [0.2, 0.25) is 0 Å². The summed E-state index contributed by atoms with van der Waals surface area (Å²) in [5, 5.41) is 2.53. The highest BCUT2D eigenvalue weighted by molar-refractivity contribution is 5.49. The van der Waals surface area contributed by atoms with E-state index in [1.807, 2.05) is 5.43 Å². The van der Waals surface area contributed by atoms with Crippen molar-refractivity contribution in [2.75, 3.05) is 30.5 Å². The molecule has 0 saturated carbocycles. The van der Waals surface area contributed by atoms with E-state index in [9.17, 15) is 22.0 Å². The molecule has 20 heavy (non-hydrogen) atoms. The van der Waals surface area contributed by atoms with Crippen LogP contribution in [0.1, 0.15) is 5.56 Å². The van der Waals surface area contributed by atoms with Crippen LogP contribution in [-0.4, -0.2) is 31.2 Å². The van der Waals surface area contributed by atoms with Crippen molar-refractivity contribution in [1.29, 1.82) is 0 Å². The van der Waals surface area contributed by atoms with Gasteiger partial charge in [0, 0.05) is 6.54 Å². The summed E-state index contributed by atoms with van der Waals surface area (Å²) in [6, 6.07) is 1.53. The number of nitrogens with zero attached hydrogens (tertiary/aromatic N) is 1. The molecule has 1 aromatic heterocycles. The molecule has 10 heteroatoms. The Balaban J connectivity index is 2.61. The number of nitrogen functional groups attached to an aromatic ring is 1. The van der Waals surface area contributed by atoms with Gasteiger partial charge in [-0.2, -0.15) is 13.2 Å². The zero-order valence-corrected chi connectivity index (χ0v) is 10.2. The fourth-order valence-corrected chi connectivity index (χ4v) is 1.28. The third kappa shape index (κ3) is 5.53. The molecule has 4 N–H and O–H groups in total.